The van der Waals surface area contributed by atoms with Crippen LogP contribution in [-0.4, -0.2) is 9.97 Å². The van der Waals surface area contributed by atoms with Crippen LogP contribution in [0.4, 0.5) is 34.1 Å². The van der Waals surface area contributed by atoms with Gasteiger partial charge in [0.15, 0.2) is 0 Å². The van der Waals surface area contributed by atoms with Crippen LogP contribution in [0.5, 0.6) is 0 Å². The second kappa shape index (κ2) is 17.0. The highest BCUT2D eigenvalue weighted by Gasteiger charge is 2.18. The predicted molar refractivity (Wildman–Crippen MR) is 268 cm³/mol. The number of aromatic nitrogens is 2. The zero-order valence-electron chi connectivity index (χ0n) is 35.0. The van der Waals surface area contributed by atoms with Crippen molar-refractivity contribution in [3.63, 3.8) is 0 Å². The van der Waals surface area contributed by atoms with Gasteiger partial charge < -0.3 is 9.80 Å². The molecule has 0 radical (unpaired) electrons. The van der Waals surface area contributed by atoms with Gasteiger partial charge in [0.2, 0.25) is 0 Å². The molecule has 11 rings (SSSR count). The van der Waals surface area contributed by atoms with E-state index < -0.39 is 0 Å². The van der Waals surface area contributed by atoms with E-state index in [1.54, 1.807) is 0 Å². The maximum absolute atomic E-state index is 4.39. The van der Waals surface area contributed by atoms with E-state index in [4.69, 9.17) is 0 Å². The van der Waals surface area contributed by atoms with Crippen LogP contribution in [0, 0.1) is 0 Å². The molecule has 4 heteroatoms. The topological polar surface area (TPSA) is 32.3 Å². The van der Waals surface area contributed by atoms with Gasteiger partial charge in [0.05, 0.1) is 0 Å². The number of benzene rings is 9. The van der Waals surface area contributed by atoms with E-state index in [2.05, 4.69) is 250 Å². The number of para-hydroxylation sites is 4. The van der Waals surface area contributed by atoms with Crippen LogP contribution in [0.25, 0.3) is 66.1 Å². The summed E-state index contributed by atoms with van der Waals surface area (Å²) in [5.74, 6) is 0. The van der Waals surface area contributed by atoms with Crippen LogP contribution >= 0.6 is 0 Å². The van der Waals surface area contributed by atoms with Gasteiger partial charge in [-0.05, 0) is 187 Å². The fourth-order valence-corrected chi connectivity index (χ4v) is 8.96. The first-order chi connectivity index (χ1) is 31.7. The summed E-state index contributed by atoms with van der Waals surface area (Å²) in [6, 6.07) is 82.6. The van der Waals surface area contributed by atoms with E-state index in [-0.39, 0.29) is 0 Å². The predicted octanol–water partition coefficient (Wildman–Crippen LogP) is 16.4. The van der Waals surface area contributed by atoms with Crippen molar-refractivity contribution in [3.8, 4) is 44.5 Å². The highest BCUT2D eigenvalue weighted by atomic mass is 15.1. The Morgan fingerprint density at radius 1 is 0.219 bits per heavy atom. The number of hydrogen-bond donors (Lipinski definition) is 0. The minimum absolute atomic E-state index is 1.09. The summed E-state index contributed by atoms with van der Waals surface area (Å²) in [6.45, 7) is 0. The van der Waals surface area contributed by atoms with Crippen LogP contribution in [0.3, 0.4) is 0 Å². The van der Waals surface area contributed by atoms with Gasteiger partial charge in [-0.15, -0.1) is 0 Å². The molecule has 0 saturated heterocycles. The lowest BCUT2D eigenvalue weighted by Crippen LogP contribution is -2.09. The van der Waals surface area contributed by atoms with Crippen LogP contribution in [0.1, 0.15) is 0 Å². The number of rotatable bonds is 10. The van der Waals surface area contributed by atoms with Crippen molar-refractivity contribution in [2.45, 2.75) is 0 Å². The van der Waals surface area contributed by atoms with Gasteiger partial charge in [-0.2, -0.15) is 0 Å². The zero-order valence-corrected chi connectivity index (χ0v) is 35.0. The summed E-state index contributed by atoms with van der Waals surface area (Å²) < 4.78 is 0. The summed E-state index contributed by atoms with van der Waals surface area (Å²) in [7, 11) is 0. The molecule has 2 aromatic heterocycles. The summed E-state index contributed by atoms with van der Waals surface area (Å²) in [4.78, 5) is 13.4. The standard InChI is InChI=1S/C60H42N4/c1-5-13-49(14-6-1)63(50-15-7-2-8-16-50)53-25-21-43(22-26-53)47-39-57(45-31-35-61-36-32-45)55-29-30-56-58(46-33-37-62-38-34-46)40-48(42-60(56)59(55)41-47)44-23-27-54(28-24-44)64(51-17-9-3-10-18-51)52-19-11-4-12-20-52/h1-42H. The number of anilines is 6. The lowest BCUT2D eigenvalue weighted by molar-refractivity contribution is 1.28. The van der Waals surface area contributed by atoms with Gasteiger partial charge in [-0.25, -0.2) is 0 Å². The Kier molecular flexibility index (Phi) is 10.2. The average molecular weight is 819 g/mol. The van der Waals surface area contributed by atoms with Crippen molar-refractivity contribution in [1.82, 2.24) is 9.97 Å². The molecule has 0 fully saturated rings. The Morgan fingerprint density at radius 2 is 0.516 bits per heavy atom. The Bertz CT molecular complexity index is 3020. The van der Waals surface area contributed by atoms with E-state index in [1.807, 2.05) is 24.8 Å². The number of hydrogen-bond acceptors (Lipinski definition) is 4. The van der Waals surface area contributed by atoms with E-state index >= 15 is 0 Å². The third-order valence-corrected chi connectivity index (χ3v) is 12.0. The van der Waals surface area contributed by atoms with Gasteiger partial charge >= 0.3 is 0 Å². The van der Waals surface area contributed by atoms with Crippen molar-refractivity contribution in [1.29, 1.82) is 0 Å². The van der Waals surface area contributed by atoms with Crippen LogP contribution in [0.2, 0.25) is 0 Å². The SMILES string of the molecule is c1ccc(N(c2ccccc2)c2ccc(-c3cc(-c4ccncc4)c4ccc5c(-c6ccncc6)cc(-c6ccc(N(c7ccccc7)c7ccccc7)cc6)cc5c4c3)cc2)cc1. The summed E-state index contributed by atoms with van der Waals surface area (Å²) in [5, 5.41) is 4.75. The van der Waals surface area contributed by atoms with Gasteiger partial charge in [-0.1, -0.05) is 109 Å². The Labute approximate surface area is 373 Å². The monoisotopic (exact) mass is 818 g/mol. The Balaban J connectivity index is 1.08. The molecule has 302 valence electrons. The summed E-state index contributed by atoms with van der Waals surface area (Å²) in [6.07, 6.45) is 7.52. The minimum atomic E-state index is 1.09. The fraction of sp³-hybridized carbons (Fsp3) is 0. The van der Waals surface area contributed by atoms with Crippen molar-refractivity contribution in [3.05, 3.63) is 255 Å². The molecule has 11 aromatic rings. The summed E-state index contributed by atoms with van der Waals surface area (Å²) in [5.41, 5.74) is 15.8. The van der Waals surface area contributed by atoms with E-state index in [0.717, 1.165) is 67.5 Å². The maximum Gasteiger partial charge on any atom is 0.0462 e. The molecule has 4 nitrogen and oxygen atoms in total. The molecule has 0 amide bonds. The molecule has 0 bridgehead atoms. The molecule has 0 aliphatic heterocycles. The van der Waals surface area contributed by atoms with Crippen molar-refractivity contribution in [2.75, 3.05) is 9.80 Å². The lowest BCUT2D eigenvalue weighted by Gasteiger charge is -2.25. The number of fused-ring (bicyclic) bond motifs is 3. The molecule has 0 N–H and O–H groups in total. The first-order valence-corrected chi connectivity index (χ1v) is 21.6. The number of pyridine rings is 2. The third-order valence-electron chi connectivity index (χ3n) is 12.0. The van der Waals surface area contributed by atoms with E-state index in [1.165, 1.54) is 32.7 Å². The second-order valence-electron chi connectivity index (χ2n) is 15.9. The van der Waals surface area contributed by atoms with Gasteiger partial charge in [0, 0.05) is 58.9 Å². The van der Waals surface area contributed by atoms with Crippen LogP contribution in [0.15, 0.2) is 255 Å². The first-order valence-electron chi connectivity index (χ1n) is 21.6. The smallest absolute Gasteiger partial charge is 0.0462 e. The Morgan fingerprint density at radius 3 is 0.828 bits per heavy atom. The molecule has 0 aliphatic rings. The molecule has 0 atom stereocenters. The number of nitrogens with zero attached hydrogens (tertiary/aromatic N) is 4. The van der Waals surface area contributed by atoms with Crippen LogP contribution in [-0.2, 0) is 0 Å². The second-order valence-corrected chi connectivity index (χ2v) is 15.9. The van der Waals surface area contributed by atoms with Gasteiger partial charge in [0.1, 0.15) is 0 Å². The lowest BCUT2D eigenvalue weighted by atomic mass is 9.87. The molecule has 0 unspecified atom stereocenters. The first kappa shape index (κ1) is 38.3. The fourth-order valence-electron chi connectivity index (χ4n) is 8.96. The molecule has 0 saturated carbocycles. The van der Waals surface area contributed by atoms with Gasteiger partial charge in [-0.3, -0.25) is 9.97 Å². The maximum atomic E-state index is 4.39. The zero-order chi connectivity index (χ0) is 42.7. The van der Waals surface area contributed by atoms with Crippen molar-refractivity contribution < 1.29 is 0 Å². The largest absolute Gasteiger partial charge is 0.311 e. The summed E-state index contributed by atoms with van der Waals surface area (Å²) >= 11 is 0. The molecular formula is C60H42N4. The minimum Gasteiger partial charge on any atom is -0.311 e. The van der Waals surface area contributed by atoms with Crippen molar-refractivity contribution >= 4 is 55.7 Å². The molecule has 2 heterocycles. The van der Waals surface area contributed by atoms with E-state index in [9.17, 15) is 0 Å². The highest BCUT2D eigenvalue weighted by molar-refractivity contribution is 6.17. The third kappa shape index (κ3) is 7.44. The molecule has 64 heavy (non-hydrogen) atoms. The van der Waals surface area contributed by atoms with Crippen molar-refractivity contribution in [2.24, 2.45) is 0 Å². The normalized spacial score (nSPS) is 11.1. The van der Waals surface area contributed by atoms with E-state index in [0.29, 0.717) is 0 Å². The van der Waals surface area contributed by atoms with Gasteiger partial charge in [0.25, 0.3) is 0 Å². The average Bonchev–Trinajstić information content (AvgIpc) is 3.38. The molecular weight excluding hydrogens is 777 g/mol. The Hall–Kier alpha value is -8.60. The molecule has 0 aliphatic carbocycles. The molecule has 9 aromatic carbocycles. The van der Waals surface area contributed by atoms with Crippen LogP contribution < -0.4 is 9.80 Å². The highest BCUT2D eigenvalue weighted by Crippen LogP contribution is 2.44. The molecule has 0 spiro atoms. The quantitative estimate of drug-likeness (QED) is 0.129.